The Hall–Kier alpha value is -0.420. The molecule has 0 spiro atoms. The average molecular weight is 317 g/mol. The van der Waals surface area contributed by atoms with Crippen LogP contribution in [-0.4, -0.2) is 21.8 Å². The molecule has 0 amide bonds. The molecule has 0 unspecified atom stereocenters. The van der Waals surface area contributed by atoms with Gasteiger partial charge in [-0.1, -0.05) is 44.2 Å². The quantitative estimate of drug-likeness (QED) is 0.615. The maximum absolute atomic E-state index is 11.6. The van der Waals surface area contributed by atoms with Gasteiger partial charge in [-0.3, -0.25) is 9.69 Å². The number of hydrogen-bond acceptors (Lipinski definition) is 2. The monoisotopic (exact) mass is 317 g/mol. The normalized spacial score (nSPS) is 12.8. The predicted molar refractivity (Wildman–Crippen MR) is 71.1 cm³/mol. The minimum Gasteiger partial charge on any atom is -0.290 e. The molecule has 0 saturated carbocycles. The number of carbonyl (C=O) groups excluding carboxylic acids is 1. The van der Waals surface area contributed by atoms with Gasteiger partial charge in [-0.15, -0.1) is 0 Å². The molecular formula is C12H16INO. The SMILES string of the molecule is CCN(CC)[C@@H](C(=O)I)c1ccccc1. The van der Waals surface area contributed by atoms with Gasteiger partial charge in [0.2, 0.25) is 3.79 Å². The Morgan fingerprint density at radius 3 is 2.20 bits per heavy atom. The van der Waals surface area contributed by atoms with E-state index in [1.165, 1.54) is 0 Å². The molecule has 0 aliphatic rings. The van der Waals surface area contributed by atoms with Crippen LogP contribution in [0.25, 0.3) is 0 Å². The second-order valence-electron chi connectivity index (χ2n) is 3.34. The lowest BCUT2D eigenvalue weighted by Crippen LogP contribution is -2.31. The maximum Gasteiger partial charge on any atom is 0.213 e. The number of rotatable bonds is 5. The summed E-state index contributed by atoms with van der Waals surface area (Å²) in [6.07, 6.45) is 0. The first-order valence-electron chi connectivity index (χ1n) is 5.19. The molecule has 1 aromatic rings. The summed E-state index contributed by atoms with van der Waals surface area (Å²) in [4.78, 5) is 13.8. The molecule has 1 aromatic carbocycles. The molecule has 0 heterocycles. The minimum atomic E-state index is -0.0956. The third kappa shape index (κ3) is 3.28. The van der Waals surface area contributed by atoms with Crippen molar-refractivity contribution in [2.45, 2.75) is 19.9 Å². The van der Waals surface area contributed by atoms with Gasteiger partial charge >= 0.3 is 0 Å². The van der Waals surface area contributed by atoms with Crippen molar-refractivity contribution in [3.63, 3.8) is 0 Å². The molecule has 1 atom stereocenters. The third-order valence-electron chi connectivity index (χ3n) is 2.51. The maximum atomic E-state index is 11.6. The lowest BCUT2D eigenvalue weighted by atomic mass is 10.1. The second kappa shape index (κ2) is 6.23. The van der Waals surface area contributed by atoms with E-state index in [0.29, 0.717) is 0 Å². The highest BCUT2D eigenvalue weighted by Crippen LogP contribution is 2.23. The molecule has 3 heteroatoms. The van der Waals surface area contributed by atoms with Crippen molar-refractivity contribution in [2.75, 3.05) is 13.1 Å². The van der Waals surface area contributed by atoms with Crippen LogP contribution in [0.4, 0.5) is 0 Å². The zero-order chi connectivity index (χ0) is 11.3. The van der Waals surface area contributed by atoms with Gasteiger partial charge in [0.05, 0.1) is 0 Å². The molecule has 0 aliphatic carbocycles. The molecule has 0 saturated heterocycles. The first-order chi connectivity index (χ1) is 7.20. The van der Waals surface area contributed by atoms with Crippen molar-refractivity contribution in [1.29, 1.82) is 0 Å². The highest BCUT2D eigenvalue weighted by Gasteiger charge is 2.22. The molecular weight excluding hydrogens is 301 g/mol. The van der Waals surface area contributed by atoms with Crippen molar-refractivity contribution in [3.8, 4) is 0 Å². The fourth-order valence-corrected chi connectivity index (χ4v) is 2.46. The number of hydrogen-bond donors (Lipinski definition) is 0. The lowest BCUT2D eigenvalue weighted by molar-refractivity contribution is -0.114. The van der Waals surface area contributed by atoms with Gasteiger partial charge in [0, 0.05) is 22.6 Å². The molecule has 82 valence electrons. The number of benzene rings is 1. The summed E-state index contributed by atoms with van der Waals surface area (Å²) in [5.41, 5.74) is 1.08. The summed E-state index contributed by atoms with van der Waals surface area (Å²) in [5.74, 6) is 0. The zero-order valence-corrected chi connectivity index (χ0v) is 11.3. The Labute approximate surface area is 105 Å². The highest BCUT2D eigenvalue weighted by atomic mass is 127. The number of carbonyl (C=O) groups is 1. The number of likely N-dealkylation sites (N-methyl/N-ethyl adjacent to an activating group) is 1. The highest BCUT2D eigenvalue weighted by molar-refractivity contribution is 14.1. The zero-order valence-electron chi connectivity index (χ0n) is 9.11. The fraction of sp³-hybridized carbons (Fsp3) is 0.417. The Morgan fingerprint density at radius 1 is 1.27 bits per heavy atom. The van der Waals surface area contributed by atoms with Gasteiger partial charge in [0.25, 0.3) is 0 Å². The van der Waals surface area contributed by atoms with Crippen LogP contribution >= 0.6 is 22.6 Å². The molecule has 0 bridgehead atoms. The van der Waals surface area contributed by atoms with E-state index in [2.05, 4.69) is 18.7 Å². The molecule has 1 rings (SSSR count). The van der Waals surface area contributed by atoms with Gasteiger partial charge in [-0.2, -0.15) is 0 Å². The lowest BCUT2D eigenvalue weighted by Gasteiger charge is -2.27. The van der Waals surface area contributed by atoms with Crippen molar-refractivity contribution in [1.82, 2.24) is 4.90 Å². The predicted octanol–water partition coefficient (Wildman–Crippen LogP) is 3.03. The van der Waals surface area contributed by atoms with E-state index in [1.54, 1.807) is 0 Å². The second-order valence-corrected chi connectivity index (χ2v) is 4.40. The van der Waals surface area contributed by atoms with Gasteiger partial charge in [-0.05, 0) is 18.7 Å². The first-order valence-corrected chi connectivity index (χ1v) is 6.26. The summed E-state index contributed by atoms with van der Waals surface area (Å²) in [6.45, 7) is 5.95. The van der Waals surface area contributed by atoms with Crippen molar-refractivity contribution in [2.24, 2.45) is 0 Å². The average Bonchev–Trinajstić information content (AvgIpc) is 2.26. The Kier molecular flexibility index (Phi) is 5.25. The summed E-state index contributed by atoms with van der Waals surface area (Å²) in [7, 11) is 0. The van der Waals surface area contributed by atoms with Crippen LogP contribution in [0.5, 0.6) is 0 Å². The van der Waals surface area contributed by atoms with Crippen LogP contribution in [0, 0.1) is 0 Å². The topological polar surface area (TPSA) is 20.3 Å². The molecule has 0 fully saturated rings. The van der Waals surface area contributed by atoms with Crippen molar-refractivity contribution in [3.05, 3.63) is 35.9 Å². The summed E-state index contributed by atoms with van der Waals surface area (Å²) in [6, 6.07) is 9.86. The summed E-state index contributed by atoms with van der Waals surface area (Å²) >= 11 is 1.89. The van der Waals surface area contributed by atoms with E-state index < -0.39 is 0 Å². The minimum absolute atomic E-state index is 0.0956. The van der Waals surface area contributed by atoms with E-state index in [4.69, 9.17) is 0 Å². The Morgan fingerprint density at radius 2 is 1.80 bits per heavy atom. The summed E-state index contributed by atoms with van der Waals surface area (Å²) in [5, 5.41) is 0. The van der Waals surface area contributed by atoms with E-state index in [0.717, 1.165) is 18.7 Å². The van der Waals surface area contributed by atoms with Gasteiger partial charge in [-0.25, -0.2) is 0 Å². The number of nitrogens with zero attached hydrogens (tertiary/aromatic N) is 1. The first kappa shape index (κ1) is 12.6. The smallest absolute Gasteiger partial charge is 0.213 e. The van der Waals surface area contributed by atoms with Crippen LogP contribution in [0.3, 0.4) is 0 Å². The van der Waals surface area contributed by atoms with Crippen LogP contribution in [-0.2, 0) is 4.79 Å². The number of halogens is 1. The van der Waals surface area contributed by atoms with E-state index >= 15 is 0 Å². The van der Waals surface area contributed by atoms with Crippen LogP contribution < -0.4 is 0 Å². The molecule has 15 heavy (non-hydrogen) atoms. The van der Waals surface area contributed by atoms with Crippen molar-refractivity contribution >= 4 is 26.4 Å². The summed E-state index contributed by atoms with van der Waals surface area (Å²) < 4.78 is 0.183. The standard InChI is InChI=1S/C12H16INO/c1-3-14(4-2)11(12(13)15)10-8-6-5-7-9-10/h5-9,11H,3-4H2,1-2H3/t11-/m1/s1. The van der Waals surface area contributed by atoms with Crippen LogP contribution in [0.15, 0.2) is 30.3 Å². The van der Waals surface area contributed by atoms with Crippen LogP contribution in [0.1, 0.15) is 25.5 Å². The van der Waals surface area contributed by atoms with Gasteiger partial charge < -0.3 is 0 Å². The van der Waals surface area contributed by atoms with E-state index in [9.17, 15) is 4.79 Å². The van der Waals surface area contributed by atoms with Crippen molar-refractivity contribution < 1.29 is 4.79 Å². The Balaban J connectivity index is 2.97. The molecule has 2 nitrogen and oxygen atoms in total. The van der Waals surface area contributed by atoms with Crippen LogP contribution in [0.2, 0.25) is 0 Å². The Bertz CT molecular complexity index is 309. The van der Waals surface area contributed by atoms with E-state index in [1.807, 2.05) is 52.9 Å². The third-order valence-corrected chi connectivity index (χ3v) is 3.10. The fourth-order valence-electron chi connectivity index (χ4n) is 1.71. The largest absolute Gasteiger partial charge is 0.290 e. The van der Waals surface area contributed by atoms with E-state index in [-0.39, 0.29) is 9.83 Å². The molecule has 0 N–H and O–H groups in total. The molecule has 0 radical (unpaired) electrons. The molecule has 0 aromatic heterocycles. The van der Waals surface area contributed by atoms with Gasteiger partial charge in [0.1, 0.15) is 6.04 Å². The molecule has 0 aliphatic heterocycles. The van der Waals surface area contributed by atoms with Gasteiger partial charge in [0.15, 0.2) is 0 Å².